The predicted octanol–water partition coefficient (Wildman–Crippen LogP) is 2.67. The van der Waals surface area contributed by atoms with Crippen molar-refractivity contribution in [3.05, 3.63) is 35.4 Å². The van der Waals surface area contributed by atoms with Gasteiger partial charge >= 0.3 is 0 Å². The molecule has 0 radical (unpaired) electrons. The third-order valence-corrected chi connectivity index (χ3v) is 3.61. The highest BCUT2D eigenvalue weighted by molar-refractivity contribution is 14.0. The van der Waals surface area contributed by atoms with Crippen LogP contribution in [0.15, 0.2) is 29.3 Å². The molecule has 2 rings (SSSR count). The Hall–Kier alpha value is -0.820. The first-order valence-electron chi connectivity index (χ1n) is 7.35. The molecule has 0 aliphatic heterocycles. The second kappa shape index (κ2) is 9.25. The van der Waals surface area contributed by atoms with Gasteiger partial charge in [-0.05, 0) is 31.4 Å². The van der Waals surface area contributed by atoms with E-state index in [1.807, 2.05) is 0 Å². The summed E-state index contributed by atoms with van der Waals surface area (Å²) in [5.41, 5.74) is 2.83. The number of ether oxygens (including phenoxy) is 1. The van der Waals surface area contributed by atoms with Crippen LogP contribution >= 0.6 is 24.0 Å². The van der Waals surface area contributed by atoms with E-state index in [0.717, 1.165) is 12.5 Å². The van der Waals surface area contributed by atoms with Crippen molar-refractivity contribution in [2.24, 2.45) is 4.99 Å². The van der Waals surface area contributed by atoms with E-state index in [1.165, 1.54) is 17.5 Å². The molecule has 0 bridgehead atoms. The Labute approximate surface area is 144 Å². The third kappa shape index (κ3) is 5.47. The van der Waals surface area contributed by atoms with E-state index in [4.69, 9.17) is 4.74 Å². The topological polar surface area (TPSA) is 45.7 Å². The van der Waals surface area contributed by atoms with Gasteiger partial charge in [0.2, 0.25) is 0 Å². The van der Waals surface area contributed by atoms with E-state index in [1.54, 1.807) is 7.11 Å². The van der Waals surface area contributed by atoms with Crippen LogP contribution in [0.3, 0.4) is 0 Å². The van der Waals surface area contributed by atoms with Gasteiger partial charge in [0.25, 0.3) is 0 Å². The first kappa shape index (κ1) is 18.2. The SMILES string of the molecule is CCNC(=NCCOC)NC1CC1c1ccccc1C.I. The van der Waals surface area contributed by atoms with E-state index in [-0.39, 0.29) is 24.0 Å². The molecule has 1 aromatic rings. The smallest absolute Gasteiger partial charge is 0.191 e. The Morgan fingerprint density at radius 1 is 1.38 bits per heavy atom. The molecule has 0 spiro atoms. The van der Waals surface area contributed by atoms with Crippen molar-refractivity contribution in [1.82, 2.24) is 10.6 Å². The highest BCUT2D eigenvalue weighted by Crippen LogP contribution is 2.41. The number of guanidine groups is 1. The van der Waals surface area contributed by atoms with Crippen molar-refractivity contribution < 1.29 is 4.74 Å². The minimum absolute atomic E-state index is 0. The minimum atomic E-state index is 0. The zero-order chi connectivity index (χ0) is 14.4. The van der Waals surface area contributed by atoms with Gasteiger partial charge in [-0.15, -0.1) is 24.0 Å². The normalized spacial score (nSPS) is 20.6. The van der Waals surface area contributed by atoms with Crippen LogP contribution in [0, 0.1) is 6.92 Å². The van der Waals surface area contributed by atoms with Crippen molar-refractivity contribution in [2.75, 3.05) is 26.8 Å². The van der Waals surface area contributed by atoms with Crippen LogP contribution in [-0.4, -0.2) is 38.8 Å². The number of rotatable bonds is 6. The van der Waals surface area contributed by atoms with Crippen LogP contribution < -0.4 is 10.6 Å². The monoisotopic (exact) mass is 403 g/mol. The molecule has 0 aromatic heterocycles. The highest BCUT2D eigenvalue weighted by Gasteiger charge is 2.39. The summed E-state index contributed by atoms with van der Waals surface area (Å²) in [6, 6.07) is 9.13. The molecule has 2 N–H and O–H groups in total. The Bertz CT molecular complexity index is 465. The fraction of sp³-hybridized carbons (Fsp3) is 0.562. The average molecular weight is 403 g/mol. The van der Waals surface area contributed by atoms with Crippen LogP contribution in [0.4, 0.5) is 0 Å². The molecular formula is C16H26IN3O. The van der Waals surface area contributed by atoms with Crippen molar-refractivity contribution >= 4 is 29.9 Å². The molecule has 0 amide bonds. The molecule has 5 heteroatoms. The van der Waals surface area contributed by atoms with Gasteiger partial charge in [0, 0.05) is 25.6 Å². The van der Waals surface area contributed by atoms with Gasteiger partial charge in [-0.3, -0.25) is 4.99 Å². The molecule has 1 aliphatic carbocycles. The third-order valence-electron chi connectivity index (χ3n) is 3.61. The molecule has 118 valence electrons. The average Bonchev–Trinajstić information content (AvgIpc) is 3.19. The molecule has 1 fully saturated rings. The van der Waals surface area contributed by atoms with Crippen molar-refractivity contribution in [2.45, 2.75) is 32.2 Å². The van der Waals surface area contributed by atoms with Gasteiger partial charge in [-0.25, -0.2) is 0 Å². The maximum Gasteiger partial charge on any atom is 0.191 e. The van der Waals surface area contributed by atoms with Crippen LogP contribution in [0.1, 0.15) is 30.4 Å². The highest BCUT2D eigenvalue weighted by atomic mass is 127. The molecule has 2 unspecified atom stereocenters. The van der Waals surface area contributed by atoms with E-state index in [0.29, 0.717) is 25.1 Å². The lowest BCUT2D eigenvalue weighted by Gasteiger charge is -2.11. The number of hydrogen-bond acceptors (Lipinski definition) is 2. The maximum atomic E-state index is 5.03. The van der Waals surface area contributed by atoms with Crippen LogP contribution in [0.2, 0.25) is 0 Å². The van der Waals surface area contributed by atoms with Crippen molar-refractivity contribution in [1.29, 1.82) is 0 Å². The zero-order valence-corrected chi connectivity index (χ0v) is 15.4. The molecule has 1 aromatic carbocycles. The Morgan fingerprint density at radius 2 is 2.14 bits per heavy atom. The van der Waals surface area contributed by atoms with Crippen LogP contribution in [-0.2, 0) is 4.74 Å². The van der Waals surface area contributed by atoms with Gasteiger partial charge < -0.3 is 15.4 Å². The van der Waals surface area contributed by atoms with E-state index >= 15 is 0 Å². The molecule has 4 nitrogen and oxygen atoms in total. The molecule has 2 atom stereocenters. The van der Waals surface area contributed by atoms with Gasteiger partial charge in [-0.2, -0.15) is 0 Å². The van der Waals surface area contributed by atoms with Gasteiger partial charge in [0.1, 0.15) is 0 Å². The second-order valence-corrected chi connectivity index (χ2v) is 5.20. The van der Waals surface area contributed by atoms with E-state index < -0.39 is 0 Å². The summed E-state index contributed by atoms with van der Waals surface area (Å²) >= 11 is 0. The number of aryl methyl sites for hydroxylation is 1. The number of methoxy groups -OCH3 is 1. The van der Waals surface area contributed by atoms with Gasteiger partial charge in [-0.1, -0.05) is 24.3 Å². The van der Waals surface area contributed by atoms with Gasteiger partial charge in [0.15, 0.2) is 5.96 Å². The number of halogens is 1. The quantitative estimate of drug-likeness (QED) is 0.332. The number of nitrogens with one attached hydrogen (secondary N) is 2. The lowest BCUT2D eigenvalue weighted by atomic mass is 10.0. The lowest BCUT2D eigenvalue weighted by Crippen LogP contribution is -2.39. The second-order valence-electron chi connectivity index (χ2n) is 5.20. The van der Waals surface area contributed by atoms with Crippen molar-refractivity contribution in [3.63, 3.8) is 0 Å². The largest absolute Gasteiger partial charge is 0.383 e. The predicted molar refractivity (Wildman–Crippen MR) is 98.7 cm³/mol. The summed E-state index contributed by atoms with van der Waals surface area (Å²) in [4.78, 5) is 4.50. The fourth-order valence-corrected chi connectivity index (χ4v) is 2.45. The zero-order valence-electron chi connectivity index (χ0n) is 13.1. The Morgan fingerprint density at radius 3 is 2.81 bits per heavy atom. The Balaban J connectivity index is 0.00000220. The number of benzene rings is 1. The molecule has 21 heavy (non-hydrogen) atoms. The summed E-state index contributed by atoms with van der Waals surface area (Å²) in [5, 5.41) is 6.79. The summed E-state index contributed by atoms with van der Waals surface area (Å²) in [6.07, 6.45) is 1.18. The number of aliphatic imine (C=N–C) groups is 1. The first-order valence-corrected chi connectivity index (χ1v) is 7.35. The summed E-state index contributed by atoms with van der Waals surface area (Å²) in [7, 11) is 1.70. The summed E-state index contributed by atoms with van der Waals surface area (Å²) in [6.45, 7) is 6.48. The molecule has 0 heterocycles. The standard InChI is InChI=1S/C16H25N3O.HI/c1-4-17-16(18-9-10-20-3)19-15-11-14(15)13-8-6-5-7-12(13)2;/h5-8,14-15H,4,9-11H2,1-3H3,(H2,17,18,19);1H. The molecular weight excluding hydrogens is 377 g/mol. The molecule has 1 aliphatic rings. The summed E-state index contributed by atoms with van der Waals surface area (Å²) < 4.78 is 5.03. The first-order chi connectivity index (χ1) is 9.76. The van der Waals surface area contributed by atoms with E-state index in [2.05, 4.69) is 53.7 Å². The lowest BCUT2D eigenvalue weighted by molar-refractivity contribution is 0.208. The molecule has 0 saturated heterocycles. The minimum Gasteiger partial charge on any atom is -0.383 e. The van der Waals surface area contributed by atoms with Crippen LogP contribution in [0.25, 0.3) is 0 Å². The van der Waals surface area contributed by atoms with Crippen molar-refractivity contribution in [3.8, 4) is 0 Å². The number of hydrogen-bond donors (Lipinski definition) is 2. The maximum absolute atomic E-state index is 5.03. The fourth-order valence-electron chi connectivity index (χ4n) is 2.45. The van der Waals surface area contributed by atoms with Crippen LogP contribution in [0.5, 0.6) is 0 Å². The molecule has 1 saturated carbocycles. The Kier molecular flexibility index (Phi) is 8.03. The number of nitrogens with zero attached hydrogens (tertiary/aromatic N) is 1. The van der Waals surface area contributed by atoms with E-state index in [9.17, 15) is 0 Å². The van der Waals surface area contributed by atoms with Gasteiger partial charge in [0.05, 0.1) is 13.2 Å². The summed E-state index contributed by atoms with van der Waals surface area (Å²) in [5.74, 6) is 1.51.